The van der Waals surface area contributed by atoms with Crippen LogP contribution in [-0.4, -0.2) is 47.0 Å². The fourth-order valence-electron chi connectivity index (χ4n) is 2.81. The van der Waals surface area contributed by atoms with E-state index < -0.39 is 0 Å². The molecule has 24 heavy (non-hydrogen) atoms. The maximum atomic E-state index is 12.9. The third-order valence-corrected chi connectivity index (χ3v) is 3.98. The van der Waals surface area contributed by atoms with E-state index >= 15 is 0 Å². The van der Waals surface area contributed by atoms with Gasteiger partial charge in [-0.2, -0.15) is 0 Å². The molecular weight excluding hydrogens is 306 g/mol. The number of benzene rings is 1. The van der Waals surface area contributed by atoms with E-state index in [2.05, 4.69) is 11.6 Å². The molecular formula is C18H19N3O3. The first-order valence-corrected chi connectivity index (χ1v) is 7.76. The first-order chi connectivity index (χ1) is 11.5. The highest BCUT2D eigenvalue weighted by Gasteiger charge is 2.32. The molecule has 1 aromatic carbocycles. The normalized spacial score (nSPS) is 14.1. The van der Waals surface area contributed by atoms with Gasteiger partial charge in [-0.3, -0.25) is 9.59 Å². The van der Waals surface area contributed by atoms with Gasteiger partial charge >= 0.3 is 0 Å². The van der Waals surface area contributed by atoms with Crippen LogP contribution in [0.3, 0.4) is 0 Å². The van der Waals surface area contributed by atoms with Crippen molar-refractivity contribution in [1.29, 1.82) is 0 Å². The highest BCUT2D eigenvalue weighted by atomic mass is 16.5. The lowest BCUT2D eigenvalue weighted by molar-refractivity contribution is -0.136. The van der Waals surface area contributed by atoms with Crippen molar-refractivity contribution in [3.05, 3.63) is 48.2 Å². The van der Waals surface area contributed by atoms with Crippen LogP contribution in [0.25, 0.3) is 10.9 Å². The van der Waals surface area contributed by atoms with Gasteiger partial charge in [0.25, 0.3) is 11.8 Å². The van der Waals surface area contributed by atoms with Crippen LogP contribution in [-0.2, 0) is 4.79 Å². The molecule has 6 heteroatoms. The van der Waals surface area contributed by atoms with E-state index in [1.165, 1.54) is 10.0 Å². The Morgan fingerprint density at radius 1 is 1.21 bits per heavy atom. The van der Waals surface area contributed by atoms with Gasteiger partial charge in [-0.05, 0) is 25.5 Å². The highest BCUT2D eigenvalue weighted by Crippen LogP contribution is 2.26. The molecule has 0 spiro atoms. The number of rotatable bonds is 3. The molecule has 124 valence electrons. The molecule has 0 unspecified atom stereocenters. The Kier molecular flexibility index (Phi) is 4.20. The van der Waals surface area contributed by atoms with Gasteiger partial charge in [0.1, 0.15) is 11.4 Å². The molecule has 3 rings (SSSR count). The van der Waals surface area contributed by atoms with Gasteiger partial charge in [0.15, 0.2) is 0 Å². The quantitative estimate of drug-likeness (QED) is 0.813. The number of fused-ring (bicyclic) bond motifs is 1. The van der Waals surface area contributed by atoms with E-state index in [-0.39, 0.29) is 17.5 Å². The molecule has 1 saturated heterocycles. The van der Waals surface area contributed by atoms with Gasteiger partial charge in [0.05, 0.1) is 12.6 Å². The zero-order chi connectivity index (χ0) is 17.3. The standard InChI is InChI=1S/C18H19N3O3/c1-12(2)17(22)20-9-6-10-21(20)18(23)15-11-16(24-3)13-7-4-5-8-14(13)19-15/h4-5,7-8,11H,1,6,9-10H2,2-3H3. The Hall–Kier alpha value is -2.89. The molecule has 0 atom stereocenters. The average Bonchev–Trinajstić information content (AvgIpc) is 3.08. The SMILES string of the molecule is C=C(C)C(=O)N1CCCN1C(=O)c1cc(OC)c2ccccc2n1. The fourth-order valence-corrected chi connectivity index (χ4v) is 2.81. The molecule has 0 saturated carbocycles. The first kappa shape index (κ1) is 16.0. The molecule has 2 amide bonds. The molecule has 1 aromatic heterocycles. The second-order valence-corrected chi connectivity index (χ2v) is 5.72. The third-order valence-electron chi connectivity index (χ3n) is 3.98. The van der Waals surface area contributed by atoms with Gasteiger partial charge in [-0.25, -0.2) is 15.0 Å². The second kappa shape index (κ2) is 6.31. The van der Waals surface area contributed by atoms with Crippen molar-refractivity contribution < 1.29 is 14.3 Å². The molecule has 0 bridgehead atoms. The van der Waals surface area contributed by atoms with Crippen molar-refractivity contribution in [3.8, 4) is 5.75 Å². The maximum absolute atomic E-state index is 12.9. The Morgan fingerprint density at radius 3 is 2.62 bits per heavy atom. The highest BCUT2D eigenvalue weighted by molar-refractivity contribution is 5.99. The van der Waals surface area contributed by atoms with Crippen LogP contribution < -0.4 is 4.74 Å². The van der Waals surface area contributed by atoms with Crippen molar-refractivity contribution in [1.82, 2.24) is 15.0 Å². The number of carbonyl (C=O) groups is 2. The molecule has 1 aliphatic rings. The van der Waals surface area contributed by atoms with Crippen LogP contribution in [0.4, 0.5) is 0 Å². The number of nitrogens with zero attached hydrogens (tertiary/aromatic N) is 3. The molecule has 2 heterocycles. The molecule has 6 nitrogen and oxygen atoms in total. The number of methoxy groups -OCH3 is 1. The van der Waals surface area contributed by atoms with E-state index in [1.807, 2.05) is 24.3 Å². The van der Waals surface area contributed by atoms with Crippen LogP contribution >= 0.6 is 0 Å². The lowest BCUT2D eigenvalue weighted by Gasteiger charge is -2.27. The number of ether oxygens (including phenoxy) is 1. The third kappa shape index (κ3) is 2.71. The average molecular weight is 325 g/mol. The number of hydrogen-bond acceptors (Lipinski definition) is 4. The molecule has 0 aliphatic carbocycles. The van der Waals surface area contributed by atoms with Gasteiger partial charge in [0, 0.05) is 30.1 Å². The Morgan fingerprint density at radius 2 is 1.92 bits per heavy atom. The largest absolute Gasteiger partial charge is 0.496 e. The van der Waals surface area contributed by atoms with Crippen LogP contribution in [0.1, 0.15) is 23.8 Å². The Bertz CT molecular complexity index is 831. The minimum atomic E-state index is -0.314. The Labute approximate surface area is 140 Å². The summed E-state index contributed by atoms with van der Waals surface area (Å²) in [7, 11) is 1.56. The van der Waals surface area contributed by atoms with Crippen LogP contribution in [0, 0.1) is 0 Å². The minimum absolute atomic E-state index is 0.242. The summed E-state index contributed by atoms with van der Waals surface area (Å²) in [6.07, 6.45) is 0.732. The van der Waals surface area contributed by atoms with Crippen LogP contribution in [0.15, 0.2) is 42.5 Å². The van der Waals surface area contributed by atoms with E-state index in [4.69, 9.17) is 4.74 Å². The van der Waals surface area contributed by atoms with E-state index in [0.717, 1.165) is 11.8 Å². The summed E-state index contributed by atoms with van der Waals surface area (Å²) in [5.74, 6) is 0.0284. The summed E-state index contributed by atoms with van der Waals surface area (Å²) in [4.78, 5) is 29.5. The zero-order valence-corrected chi connectivity index (χ0v) is 13.8. The predicted molar refractivity (Wildman–Crippen MR) is 90.5 cm³/mol. The summed E-state index contributed by atoms with van der Waals surface area (Å²) in [6.45, 7) is 6.29. The lowest BCUT2D eigenvalue weighted by Crippen LogP contribution is -2.45. The number of amides is 2. The van der Waals surface area contributed by atoms with Crippen molar-refractivity contribution in [2.75, 3.05) is 20.2 Å². The van der Waals surface area contributed by atoms with Crippen molar-refractivity contribution in [2.24, 2.45) is 0 Å². The number of para-hydroxylation sites is 1. The van der Waals surface area contributed by atoms with Crippen molar-refractivity contribution in [3.63, 3.8) is 0 Å². The number of hydrazine groups is 1. The summed E-state index contributed by atoms with van der Waals surface area (Å²) >= 11 is 0. The van der Waals surface area contributed by atoms with E-state index in [9.17, 15) is 9.59 Å². The van der Waals surface area contributed by atoms with Crippen molar-refractivity contribution >= 4 is 22.7 Å². The molecule has 2 aromatic rings. The molecule has 0 N–H and O–H groups in total. The molecule has 0 radical (unpaired) electrons. The maximum Gasteiger partial charge on any atom is 0.291 e. The minimum Gasteiger partial charge on any atom is -0.496 e. The number of hydrogen-bond donors (Lipinski definition) is 0. The predicted octanol–water partition coefficient (Wildman–Crippen LogP) is 2.41. The van der Waals surface area contributed by atoms with Gasteiger partial charge in [-0.1, -0.05) is 18.7 Å². The fraction of sp³-hybridized carbons (Fsp3) is 0.278. The summed E-state index contributed by atoms with van der Waals surface area (Å²) in [6, 6.07) is 9.08. The van der Waals surface area contributed by atoms with E-state index in [1.54, 1.807) is 20.1 Å². The summed E-state index contributed by atoms with van der Waals surface area (Å²) in [5.41, 5.74) is 1.34. The van der Waals surface area contributed by atoms with Crippen LogP contribution in [0.2, 0.25) is 0 Å². The first-order valence-electron chi connectivity index (χ1n) is 7.76. The second-order valence-electron chi connectivity index (χ2n) is 5.72. The number of carbonyl (C=O) groups excluding carboxylic acids is 2. The monoisotopic (exact) mass is 325 g/mol. The topological polar surface area (TPSA) is 62.7 Å². The van der Waals surface area contributed by atoms with Crippen LogP contribution in [0.5, 0.6) is 5.75 Å². The summed E-state index contributed by atoms with van der Waals surface area (Å²) in [5, 5.41) is 3.72. The van der Waals surface area contributed by atoms with Crippen molar-refractivity contribution in [2.45, 2.75) is 13.3 Å². The zero-order valence-electron chi connectivity index (χ0n) is 13.8. The summed E-state index contributed by atoms with van der Waals surface area (Å²) < 4.78 is 5.39. The van der Waals surface area contributed by atoms with Gasteiger partial charge in [0.2, 0.25) is 0 Å². The lowest BCUT2D eigenvalue weighted by atomic mass is 10.1. The Balaban J connectivity index is 1.99. The number of aromatic nitrogens is 1. The smallest absolute Gasteiger partial charge is 0.291 e. The molecule has 1 aliphatic heterocycles. The molecule has 1 fully saturated rings. The van der Waals surface area contributed by atoms with Gasteiger partial charge < -0.3 is 4.74 Å². The number of pyridine rings is 1. The van der Waals surface area contributed by atoms with Gasteiger partial charge in [-0.15, -0.1) is 0 Å². The van der Waals surface area contributed by atoms with E-state index in [0.29, 0.717) is 29.9 Å².